The van der Waals surface area contributed by atoms with Gasteiger partial charge in [-0.3, -0.25) is 9.52 Å². The van der Waals surface area contributed by atoms with Gasteiger partial charge in [-0.2, -0.15) is 4.98 Å². The fourth-order valence-electron chi connectivity index (χ4n) is 2.19. The molecule has 1 amide bonds. The van der Waals surface area contributed by atoms with Crippen LogP contribution in [-0.4, -0.2) is 30.7 Å². The lowest BCUT2D eigenvalue weighted by molar-refractivity contribution is 0.0946. The zero-order valence-electron chi connectivity index (χ0n) is 13.8. The summed E-state index contributed by atoms with van der Waals surface area (Å²) in [6.45, 7) is 0.106. The first-order valence-corrected chi connectivity index (χ1v) is 9.54. The highest BCUT2D eigenvalue weighted by Gasteiger charge is 2.11. The quantitative estimate of drug-likeness (QED) is 0.684. The molecule has 134 valence electrons. The van der Waals surface area contributed by atoms with Crippen LogP contribution in [0.3, 0.4) is 0 Å². The van der Waals surface area contributed by atoms with Gasteiger partial charge < -0.3 is 9.84 Å². The van der Waals surface area contributed by atoms with Crippen LogP contribution >= 0.6 is 0 Å². The molecule has 0 saturated carbocycles. The highest BCUT2D eigenvalue weighted by atomic mass is 32.2. The van der Waals surface area contributed by atoms with E-state index in [0.29, 0.717) is 22.6 Å². The Hall–Kier alpha value is -3.20. The lowest BCUT2D eigenvalue weighted by Crippen LogP contribution is -2.22. The van der Waals surface area contributed by atoms with Crippen LogP contribution in [0.2, 0.25) is 0 Å². The largest absolute Gasteiger partial charge is 0.343 e. The zero-order chi connectivity index (χ0) is 18.6. The Morgan fingerprint density at radius 1 is 1.08 bits per heavy atom. The van der Waals surface area contributed by atoms with Crippen molar-refractivity contribution in [3.63, 3.8) is 0 Å². The Balaban J connectivity index is 1.63. The molecule has 0 aliphatic carbocycles. The monoisotopic (exact) mass is 372 g/mol. The highest BCUT2D eigenvalue weighted by Crippen LogP contribution is 2.19. The molecular formula is C17H16N4O4S. The van der Waals surface area contributed by atoms with Gasteiger partial charge in [-0.05, 0) is 36.4 Å². The molecule has 0 atom stereocenters. The zero-order valence-corrected chi connectivity index (χ0v) is 14.7. The molecule has 2 aromatic carbocycles. The predicted octanol–water partition coefficient (Wildman–Crippen LogP) is 2.04. The number of carbonyl (C=O) groups is 1. The first kappa shape index (κ1) is 17.6. The number of hydrogen-bond donors (Lipinski definition) is 2. The summed E-state index contributed by atoms with van der Waals surface area (Å²) in [6, 6.07) is 15.4. The second kappa shape index (κ2) is 7.36. The smallest absolute Gasteiger partial charge is 0.251 e. The Morgan fingerprint density at radius 3 is 2.42 bits per heavy atom. The number of benzene rings is 2. The van der Waals surface area contributed by atoms with Crippen molar-refractivity contribution in [2.45, 2.75) is 6.54 Å². The summed E-state index contributed by atoms with van der Waals surface area (Å²) in [7, 11) is -3.33. The Bertz CT molecular complexity index is 999. The molecule has 1 aromatic heterocycles. The maximum atomic E-state index is 12.0. The summed E-state index contributed by atoms with van der Waals surface area (Å²) in [5.74, 6) is 0.379. The van der Waals surface area contributed by atoms with Gasteiger partial charge in [-0.1, -0.05) is 23.4 Å². The third-order valence-electron chi connectivity index (χ3n) is 3.35. The number of rotatable bonds is 6. The number of nitrogens with zero attached hydrogens (tertiary/aromatic N) is 2. The van der Waals surface area contributed by atoms with Crippen molar-refractivity contribution in [2.24, 2.45) is 0 Å². The molecule has 0 unspecified atom stereocenters. The molecule has 8 nitrogen and oxygen atoms in total. The van der Waals surface area contributed by atoms with Crippen molar-refractivity contribution < 1.29 is 17.7 Å². The topological polar surface area (TPSA) is 114 Å². The van der Waals surface area contributed by atoms with Crippen LogP contribution in [0, 0.1) is 0 Å². The maximum absolute atomic E-state index is 12.0. The molecule has 3 rings (SSSR count). The third-order valence-corrected chi connectivity index (χ3v) is 3.96. The SMILES string of the molecule is CS(=O)(=O)Nc1ccc(-c2noc(CNC(=O)c3ccccc3)n2)cc1. The first-order valence-electron chi connectivity index (χ1n) is 7.65. The molecule has 3 aromatic rings. The first-order chi connectivity index (χ1) is 12.4. The van der Waals surface area contributed by atoms with E-state index in [2.05, 4.69) is 20.2 Å². The minimum absolute atomic E-state index is 0.106. The average Bonchev–Trinajstić information content (AvgIpc) is 3.09. The normalized spacial score (nSPS) is 11.1. The molecule has 0 spiro atoms. The van der Waals surface area contributed by atoms with E-state index in [1.54, 1.807) is 48.5 Å². The second-order valence-electron chi connectivity index (χ2n) is 5.51. The van der Waals surface area contributed by atoms with E-state index in [1.165, 1.54) is 0 Å². The van der Waals surface area contributed by atoms with Crippen LogP contribution in [0.1, 0.15) is 16.2 Å². The number of carbonyl (C=O) groups excluding carboxylic acids is 1. The lowest BCUT2D eigenvalue weighted by atomic mass is 10.2. The number of amides is 1. The predicted molar refractivity (Wildman–Crippen MR) is 95.8 cm³/mol. The van der Waals surface area contributed by atoms with Gasteiger partial charge in [0, 0.05) is 16.8 Å². The fourth-order valence-corrected chi connectivity index (χ4v) is 2.76. The summed E-state index contributed by atoms with van der Waals surface area (Å²) >= 11 is 0. The molecule has 26 heavy (non-hydrogen) atoms. The van der Waals surface area contributed by atoms with E-state index in [1.807, 2.05) is 6.07 Å². The maximum Gasteiger partial charge on any atom is 0.251 e. The number of aromatic nitrogens is 2. The molecule has 2 N–H and O–H groups in total. The standard InChI is InChI=1S/C17H16N4O4S/c1-26(23,24)21-14-9-7-12(8-10-14)16-19-15(25-20-16)11-18-17(22)13-5-3-2-4-6-13/h2-10,21H,11H2,1H3,(H,18,22). The van der Waals surface area contributed by atoms with E-state index in [4.69, 9.17) is 4.52 Å². The van der Waals surface area contributed by atoms with Gasteiger partial charge in [-0.15, -0.1) is 0 Å². The Kier molecular flexibility index (Phi) is 4.99. The van der Waals surface area contributed by atoms with Gasteiger partial charge in [0.25, 0.3) is 5.91 Å². The van der Waals surface area contributed by atoms with E-state index >= 15 is 0 Å². The van der Waals surface area contributed by atoms with E-state index < -0.39 is 10.0 Å². The van der Waals surface area contributed by atoms with Gasteiger partial charge >= 0.3 is 0 Å². The molecule has 1 heterocycles. The van der Waals surface area contributed by atoms with Crippen LogP contribution < -0.4 is 10.0 Å². The van der Waals surface area contributed by atoms with E-state index in [-0.39, 0.29) is 18.3 Å². The van der Waals surface area contributed by atoms with Crippen LogP contribution in [-0.2, 0) is 16.6 Å². The van der Waals surface area contributed by atoms with Gasteiger partial charge in [0.1, 0.15) is 0 Å². The van der Waals surface area contributed by atoms with Crippen LogP contribution in [0.15, 0.2) is 59.1 Å². The summed E-state index contributed by atoms with van der Waals surface area (Å²) in [6.07, 6.45) is 1.08. The van der Waals surface area contributed by atoms with Gasteiger partial charge in [0.15, 0.2) is 0 Å². The summed E-state index contributed by atoms with van der Waals surface area (Å²) < 4.78 is 29.9. The van der Waals surface area contributed by atoms with Crippen LogP contribution in [0.5, 0.6) is 0 Å². The molecule has 0 aliphatic heterocycles. The molecule has 0 aliphatic rings. The minimum Gasteiger partial charge on any atom is -0.343 e. The Morgan fingerprint density at radius 2 is 1.77 bits per heavy atom. The fraction of sp³-hybridized carbons (Fsp3) is 0.118. The highest BCUT2D eigenvalue weighted by molar-refractivity contribution is 7.92. The van der Waals surface area contributed by atoms with Gasteiger partial charge in [-0.25, -0.2) is 8.42 Å². The number of hydrogen-bond acceptors (Lipinski definition) is 6. The van der Waals surface area contributed by atoms with Crippen molar-refractivity contribution in [1.82, 2.24) is 15.5 Å². The lowest BCUT2D eigenvalue weighted by Gasteiger charge is -2.03. The number of nitrogens with one attached hydrogen (secondary N) is 2. The van der Waals surface area contributed by atoms with E-state index in [9.17, 15) is 13.2 Å². The van der Waals surface area contributed by atoms with Crippen LogP contribution in [0.25, 0.3) is 11.4 Å². The van der Waals surface area contributed by atoms with Crippen molar-refractivity contribution in [3.8, 4) is 11.4 Å². The Labute approximate surface area is 150 Å². The van der Waals surface area contributed by atoms with Crippen molar-refractivity contribution in [3.05, 3.63) is 66.1 Å². The average molecular weight is 372 g/mol. The van der Waals surface area contributed by atoms with Crippen molar-refractivity contribution >= 4 is 21.6 Å². The molecule has 0 fully saturated rings. The molecule has 0 bridgehead atoms. The number of anilines is 1. The minimum atomic E-state index is -3.33. The van der Waals surface area contributed by atoms with Crippen molar-refractivity contribution in [1.29, 1.82) is 0 Å². The molecule has 9 heteroatoms. The molecular weight excluding hydrogens is 356 g/mol. The second-order valence-corrected chi connectivity index (χ2v) is 7.26. The summed E-state index contributed by atoms with van der Waals surface area (Å²) in [4.78, 5) is 16.2. The number of sulfonamides is 1. The third kappa shape index (κ3) is 4.67. The van der Waals surface area contributed by atoms with Crippen molar-refractivity contribution in [2.75, 3.05) is 11.0 Å². The summed E-state index contributed by atoms with van der Waals surface area (Å²) in [5.41, 5.74) is 1.64. The molecule has 0 saturated heterocycles. The van der Waals surface area contributed by atoms with Gasteiger partial charge in [0.05, 0.1) is 12.8 Å². The van der Waals surface area contributed by atoms with E-state index in [0.717, 1.165) is 6.26 Å². The van der Waals surface area contributed by atoms with Gasteiger partial charge in [0.2, 0.25) is 21.7 Å². The van der Waals surface area contributed by atoms with Crippen LogP contribution in [0.4, 0.5) is 5.69 Å². The molecule has 0 radical (unpaired) electrons. The summed E-state index contributed by atoms with van der Waals surface area (Å²) in [5, 5.41) is 6.57.